The number of amides is 1. The molecule has 146 valence electrons. The molecule has 1 aromatic carbocycles. The highest BCUT2D eigenvalue weighted by Crippen LogP contribution is 2.17. The van der Waals surface area contributed by atoms with Crippen LogP contribution in [0.1, 0.15) is 13.8 Å². The minimum Gasteiger partial charge on any atom is -0.350 e. The van der Waals surface area contributed by atoms with Gasteiger partial charge in [-0.3, -0.25) is 4.79 Å². The average Bonchev–Trinajstić information content (AvgIpc) is 2.62. The maximum absolute atomic E-state index is 13.2. The lowest BCUT2D eigenvalue weighted by Crippen LogP contribution is -2.32. The number of likely N-dealkylation sites (N-methyl/N-ethyl adjacent to an activating group) is 1. The van der Waals surface area contributed by atoms with E-state index in [0.29, 0.717) is 24.6 Å². The van der Waals surface area contributed by atoms with E-state index in [1.807, 2.05) is 0 Å². The molecule has 0 aliphatic rings. The van der Waals surface area contributed by atoms with Crippen molar-refractivity contribution in [2.75, 3.05) is 36.9 Å². The molecule has 0 aliphatic carbocycles. The summed E-state index contributed by atoms with van der Waals surface area (Å²) in [5.41, 5.74) is 0.363. The van der Waals surface area contributed by atoms with Crippen LogP contribution in [0.3, 0.4) is 0 Å². The summed E-state index contributed by atoms with van der Waals surface area (Å²) in [7, 11) is -1.92. The van der Waals surface area contributed by atoms with Gasteiger partial charge in [0.1, 0.15) is 16.5 Å². The number of anilines is 2. The highest BCUT2D eigenvalue weighted by atomic mass is 32.2. The van der Waals surface area contributed by atoms with Gasteiger partial charge in [-0.05, 0) is 30.3 Å². The van der Waals surface area contributed by atoms with Crippen LogP contribution in [0.4, 0.5) is 15.9 Å². The van der Waals surface area contributed by atoms with Crippen molar-refractivity contribution in [3.63, 3.8) is 0 Å². The standard InChI is InChI=1S/C18H23FN4O3S/c1-4-23(5-2)27(25,26)16-9-10-17(20-12-16)22(3)13-18(24)21-15-8-6-7-14(19)11-15/h6-12H,4-5,13H2,1-3H3,(H,21,24). The molecule has 1 amide bonds. The van der Waals surface area contributed by atoms with Gasteiger partial charge in [-0.2, -0.15) is 4.31 Å². The van der Waals surface area contributed by atoms with Gasteiger partial charge in [-0.25, -0.2) is 17.8 Å². The molecule has 9 heteroatoms. The number of sulfonamides is 1. The van der Waals surface area contributed by atoms with E-state index in [0.717, 1.165) is 0 Å². The highest BCUT2D eigenvalue weighted by molar-refractivity contribution is 7.89. The molecule has 0 saturated heterocycles. The molecule has 0 radical (unpaired) electrons. The van der Waals surface area contributed by atoms with E-state index in [4.69, 9.17) is 0 Å². The van der Waals surface area contributed by atoms with E-state index in [1.165, 1.54) is 34.8 Å². The second-order valence-corrected chi connectivity index (χ2v) is 7.79. The van der Waals surface area contributed by atoms with Gasteiger partial charge in [-0.15, -0.1) is 0 Å². The van der Waals surface area contributed by atoms with Crippen LogP contribution < -0.4 is 10.2 Å². The number of rotatable bonds is 8. The van der Waals surface area contributed by atoms with Gasteiger partial charge >= 0.3 is 0 Å². The fourth-order valence-electron chi connectivity index (χ4n) is 2.53. The number of pyridine rings is 1. The number of aromatic nitrogens is 1. The smallest absolute Gasteiger partial charge is 0.244 e. The van der Waals surface area contributed by atoms with Gasteiger partial charge in [0, 0.05) is 32.0 Å². The maximum atomic E-state index is 13.2. The molecule has 27 heavy (non-hydrogen) atoms. The fraction of sp³-hybridized carbons (Fsp3) is 0.333. The van der Waals surface area contributed by atoms with E-state index in [2.05, 4.69) is 10.3 Å². The van der Waals surface area contributed by atoms with Gasteiger partial charge in [0.2, 0.25) is 15.9 Å². The third-order valence-corrected chi connectivity index (χ3v) is 5.98. The summed E-state index contributed by atoms with van der Waals surface area (Å²) in [5.74, 6) is -0.333. The van der Waals surface area contributed by atoms with Crippen molar-refractivity contribution in [2.24, 2.45) is 0 Å². The van der Waals surface area contributed by atoms with Gasteiger partial charge in [0.05, 0.1) is 6.54 Å². The Morgan fingerprint density at radius 3 is 2.44 bits per heavy atom. The van der Waals surface area contributed by atoms with Crippen molar-refractivity contribution < 1.29 is 17.6 Å². The molecule has 0 saturated carbocycles. The van der Waals surface area contributed by atoms with Crippen molar-refractivity contribution in [3.8, 4) is 0 Å². The van der Waals surface area contributed by atoms with Crippen molar-refractivity contribution in [2.45, 2.75) is 18.7 Å². The SMILES string of the molecule is CCN(CC)S(=O)(=O)c1ccc(N(C)CC(=O)Nc2cccc(F)c2)nc1. The molecular formula is C18H23FN4O3S. The number of carbonyl (C=O) groups excluding carboxylic acids is 1. The van der Waals surface area contributed by atoms with Crippen LogP contribution in [-0.4, -0.2) is 50.3 Å². The molecule has 0 fully saturated rings. The summed E-state index contributed by atoms with van der Waals surface area (Å²) in [6.07, 6.45) is 1.28. The summed E-state index contributed by atoms with van der Waals surface area (Å²) < 4.78 is 39.4. The zero-order valence-electron chi connectivity index (χ0n) is 15.5. The lowest BCUT2D eigenvalue weighted by Gasteiger charge is -2.20. The number of benzene rings is 1. The van der Waals surface area contributed by atoms with Crippen LogP contribution in [0.2, 0.25) is 0 Å². The number of hydrogen-bond acceptors (Lipinski definition) is 5. The molecule has 0 spiro atoms. The number of nitrogens with zero attached hydrogens (tertiary/aromatic N) is 3. The molecule has 2 aromatic rings. The van der Waals surface area contributed by atoms with E-state index in [9.17, 15) is 17.6 Å². The lowest BCUT2D eigenvalue weighted by atomic mass is 10.3. The second-order valence-electron chi connectivity index (χ2n) is 5.86. The summed E-state index contributed by atoms with van der Waals surface area (Å²) in [6, 6.07) is 8.63. The Morgan fingerprint density at radius 1 is 1.19 bits per heavy atom. The zero-order chi connectivity index (χ0) is 20.0. The van der Waals surface area contributed by atoms with Crippen molar-refractivity contribution in [1.29, 1.82) is 0 Å². The predicted octanol–water partition coefficient (Wildman–Crippen LogP) is 2.33. The minimum absolute atomic E-state index is 0.0222. The lowest BCUT2D eigenvalue weighted by molar-refractivity contribution is -0.114. The first-order chi connectivity index (χ1) is 12.8. The third-order valence-electron chi connectivity index (χ3n) is 3.94. The Bertz CT molecular complexity index is 884. The minimum atomic E-state index is -3.57. The zero-order valence-corrected chi connectivity index (χ0v) is 16.3. The van der Waals surface area contributed by atoms with E-state index in [1.54, 1.807) is 37.9 Å². The maximum Gasteiger partial charge on any atom is 0.244 e. The molecule has 7 nitrogen and oxygen atoms in total. The van der Waals surface area contributed by atoms with Crippen LogP contribution in [-0.2, 0) is 14.8 Å². The summed E-state index contributed by atoms with van der Waals surface area (Å²) in [5, 5.41) is 2.60. The number of carbonyl (C=O) groups is 1. The van der Waals surface area contributed by atoms with Crippen LogP contribution in [0.15, 0.2) is 47.5 Å². The molecule has 1 aromatic heterocycles. The molecule has 1 N–H and O–H groups in total. The molecule has 2 rings (SSSR count). The Balaban J connectivity index is 2.05. The van der Waals surface area contributed by atoms with Gasteiger partial charge in [0.25, 0.3) is 0 Å². The van der Waals surface area contributed by atoms with Crippen LogP contribution in [0.5, 0.6) is 0 Å². The predicted molar refractivity (Wildman–Crippen MR) is 103 cm³/mol. The third kappa shape index (κ3) is 5.24. The molecule has 1 heterocycles. The largest absolute Gasteiger partial charge is 0.350 e. The summed E-state index contributed by atoms with van der Waals surface area (Å²) in [6.45, 7) is 4.27. The summed E-state index contributed by atoms with van der Waals surface area (Å²) in [4.78, 5) is 17.9. The first-order valence-electron chi connectivity index (χ1n) is 8.50. The Hall–Kier alpha value is -2.52. The monoisotopic (exact) mass is 394 g/mol. The van der Waals surface area contributed by atoms with Gasteiger partial charge < -0.3 is 10.2 Å². The normalized spacial score (nSPS) is 11.4. The van der Waals surface area contributed by atoms with E-state index >= 15 is 0 Å². The topological polar surface area (TPSA) is 82.6 Å². The van der Waals surface area contributed by atoms with Crippen LogP contribution in [0.25, 0.3) is 0 Å². The fourth-order valence-corrected chi connectivity index (χ4v) is 3.93. The van der Waals surface area contributed by atoms with Crippen LogP contribution >= 0.6 is 0 Å². The highest BCUT2D eigenvalue weighted by Gasteiger charge is 2.22. The second kappa shape index (κ2) is 8.92. The average molecular weight is 394 g/mol. The van der Waals surface area contributed by atoms with E-state index in [-0.39, 0.29) is 17.3 Å². The number of nitrogens with one attached hydrogen (secondary N) is 1. The summed E-state index contributed by atoms with van der Waals surface area (Å²) >= 11 is 0. The van der Waals surface area contributed by atoms with Gasteiger partial charge in [0.15, 0.2) is 0 Å². The van der Waals surface area contributed by atoms with E-state index < -0.39 is 15.8 Å². The molecule has 0 atom stereocenters. The van der Waals surface area contributed by atoms with Crippen molar-refractivity contribution >= 4 is 27.4 Å². The quantitative estimate of drug-likeness (QED) is 0.743. The van der Waals surface area contributed by atoms with Crippen LogP contribution in [0, 0.1) is 5.82 Å². The first kappa shape index (κ1) is 20.8. The Kier molecular flexibility index (Phi) is 6.86. The number of hydrogen-bond donors (Lipinski definition) is 1. The number of halogens is 1. The Morgan fingerprint density at radius 2 is 1.89 bits per heavy atom. The van der Waals surface area contributed by atoms with Crippen molar-refractivity contribution in [3.05, 3.63) is 48.4 Å². The van der Waals surface area contributed by atoms with Crippen molar-refractivity contribution in [1.82, 2.24) is 9.29 Å². The molecular weight excluding hydrogens is 371 g/mol. The van der Waals surface area contributed by atoms with Gasteiger partial charge in [-0.1, -0.05) is 19.9 Å². The molecule has 0 aliphatic heterocycles. The Labute approximate surface area is 158 Å². The first-order valence-corrected chi connectivity index (χ1v) is 9.94. The molecule has 0 unspecified atom stereocenters. The molecule has 0 bridgehead atoms.